The molecule has 2 fully saturated rings. The van der Waals surface area contributed by atoms with Gasteiger partial charge in [0.05, 0.1) is 16.6 Å². The predicted octanol–water partition coefficient (Wildman–Crippen LogP) is 4.76. The van der Waals surface area contributed by atoms with Gasteiger partial charge in [0.2, 0.25) is 0 Å². The molecule has 3 heterocycles. The van der Waals surface area contributed by atoms with Gasteiger partial charge >= 0.3 is 12.1 Å². The van der Waals surface area contributed by atoms with Gasteiger partial charge in [-0.05, 0) is 62.1 Å². The number of nitrogens with zero attached hydrogens (tertiary/aromatic N) is 2. The number of esters is 1. The van der Waals surface area contributed by atoms with Gasteiger partial charge in [-0.15, -0.1) is 0 Å². The number of carbonyl (C=O) groups excluding carboxylic acids is 4. The Morgan fingerprint density at radius 2 is 1.49 bits per heavy atom. The van der Waals surface area contributed by atoms with Crippen LogP contribution in [-0.4, -0.2) is 62.3 Å². The van der Waals surface area contributed by atoms with Gasteiger partial charge in [-0.1, -0.05) is 78.9 Å². The number of benzene rings is 3. The molecular formula is C36H35N3O7S. The molecule has 6 rings (SSSR count). The summed E-state index contributed by atoms with van der Waals surface area (Å²) in [5.41, 5.74) is 1.93. The molecule has 3 aromatic rings. The molecule has 3 aliphatic rings. The standard InChI is InChI=1S/C36H35N3O7S/c1-36(2,3)46-35(43)37-28-32(41)39-29(34(42)45-30(23-13-7-4-8-14-23)24-15-9-5-10-16-24)26(22-47(44)33(28)39)21-25-19-20-38(31(25)40)27-17-11-6-12-18-27/h4-18,21,28,30,33H,19-20,22H2,1-3H3,(H,37,43). The van der Waals surface area contributed by atoms with E-state index >= 15 is 0 Å². The summed E-state index contributed by atoms with van der Waals surface area (Å²) in [7, 11) is -1.73. The highest BCUT2D eigenvalue weighted by molar-refractivity contribution is 7.86. The topological polar surface area (TPSA) is 122 Å². The summed E-state index contributed by atoms with van der Waals surface area (Å²) in [6, 6.07) is 26.5. The lowest BCUT2D eigenvalue weighted by Gasteiger charge is -2.49. The van der Waals surface area contributed by atoms with E-state index in [9.17, 15) is 23.4 Å². The zero-order valence-electron chi connectivity index (χ0n) is 26.3. The van der Waals surface area contributed by atoms with Crippen LogP contribution in [0.3, 0.4) is 0 Å². The first kappa shape index (κ1) is 31.9. The molecule has 0 aliphatic carbocycles. The van der Waals surface area contributed by atoms with E-state index in [1.165, 1.54) is 0 Å². The fraction of sp³-hybridized carbons (Fsp3) is 0.278. The van der Waals surface area contributed by atoms with Crippen LogP contribution in [0.25, 0.3) is 0 Å². The van der Waals surface area contributed by atoms with Crippen LogP contribution in [0.1, 0.15) is 44.4 Å². The maximum Gasteiger partial charge on any atom is 0.408 e. The molecule has 3 unspecified atom stereocenters. The van der Waals surface area contributed by atoms with Crippen molar-refractivity contribution in [2.24, 2.45) is 0 Å². The summed E-state index contributed by atoms with van der Waals surface area (Å²) in [5, 5.41) is 1.51. The van der Waals surface area contributed by atoms with Crippen molar-refractivity contribution >= 4 is 40.4 Å². The van der Waals surface area contributed by atoms with Crippen molar-refractivity contribution in [1.82, 2.24) is 10.2 Å². The molecule has 10 nitrogen and oxygen atoms in total. The number of allylic oxidation sites excluding steroid dienone is 1. The molecule has 3 atom stereocenters. The monoisotopic (exact) mass is 653 g/mol. The van der Waals surface area contributed by atoms with E-state index in [-0.39, 0.29) is 22.9 Å². The first-order valence-electron chi connectivity index (χ1n) is 15.3. The quantitative estimate of drug-likeness (QED) is 0.222. The van der Waals surface area contributed by atoms with Crippen molar-refractivity contribution in [3.8, 4) is 0 Å². The zero-order chi connectivity index (χ0) is 33.3. The van der Waals surface area contributed by atoms with E-state index < -0.39 is 51.9 Å². The summed E-state index contributed by atoms with van der Waals surface area (Å²) >= 11 is 0. The summed E-state index contributed by atoms with van der Waals surface area (Å²) < 4.78 is 25.2. The Balaban J connectivity index is 1.37. The Labute approximate surface area is 275 Å². The smallest absolute Gasteiger partial charge is 0.408 e. The highest BCUT2D eigenvalue weighted by Crippen LogP contribution is 2.39. The van der Waals surface area contributed by atoms with E-state index in [1.54, 1.807) is 31.7 Å². The maximum absolute atomic E-state index is 14.3. The fourth-order valence-corrected chi connectivity index (χ4v) is 7.53. The number of amides is 3. The van der Waals surface area contributed by atoms with Gasteiger partial charge in [0.25, 0.3) is 11.8 Å². The lowest BCUT2D eigenvalue weighted by Crippen LogP contribution is -2.73. The third-order valence-electron chi connectivity index (χ3n) is 7.99. The van der Waals surface area contributed by atoms with Crippen LogP contribution in [0.2, 0.25) is 0 Å². The average molecular weight is 654 g/mol. The fourth-order valence-electron chi connectivity index (χ4n) is 5.90. The van der Waals surface area contributed by atoms with Crippen molar-refractivity contribution in [1.29, 1.82) is 0 Å². The number of alkyl carbamates (subject to hydrolysis) is 1. The van der Waals surface area contributed by atoms with Gasteiger partial charge in [-0.2, -0.15) is 0 Å². The van der Waals surface area contributed by atoms with Crippen LogP contribution >= 0.6 is 0 Å². The molecule has 3 amide bonds. The summed E-state index contributed by atoms with van der Waals surface area (Å²) in [4.78, 5) is 56.8. The molecule has 242 valence electrons. The molecule has 0 saturated carbocycles. The van der Waals surface area contributed by atoms with E-state index in [4.69, 9.17) is 9.47 Å². The molecule has 2 saturated heterocycles. The van der Waals surface area contributed by atoms with Gasteiger partial charge in [0, 0.05) is 17.8 Å². The SMILES string of the molecule is CC(C)(C)OC(=O)NC1C(=O)N2C(C(=O)OC(c3ccccc3)c3ccccc3)=C(C=C3CCN(c4ccccc4)C3=O)CS(=O)C12. The summed E-state index contributed by atoms with van der Waals surface area (Å²) in [6.45, 7) is 5.50. The average Bonchev–Trinajstić information content (AvgIpc) is 3.41. The molecule has 1 N–H and O–H groups in total. The van der Waals surface area contributed by atoms with Gasteiger partial charge in [-0.25, -0.2) is 9.59 Å². The van der Waals surface area contributed by atoms with Crippen LogP contribution in [0, 0.1) is 0 Å². The van der Waals surface area contributed by atoms with Crippen LogP contribution < -0.4 is 10.2 Å². The van der Waals surface area contributed by atoms with Crippen molar-refractivity contribution in [3.05, 3.63) is 125 Å². The van der Waals surface area contributed by atoms with Crippen LogP contribution in [0.4, 0.5) is 10.5 Å². The molecule has 0 aromatic heterocycles. The lowest BCUT2D eigenvalue weighted by atomic mass is 10.00. The predicted molar refractivity (Wildman–Crippen MR) is 176 cm³/mol. The molecule has 0 bridgehead atoms. The van der Waals surface area contributed by atoms with Gasteiger partial charge in [0.1, 0.15) is 22.7 Å². The number of carbonyl (C=O) groups is 4. The Kier molecular flexibility index (Phi) is 8.83. The largest absolute Gasteiger partial charge is 0.448 e. The number of fused-ring (bicyclic) bond motifs is 1. The first-order chi connectivity index (χ1) is 22.5. The first-order valence-corrected chi connectivity index (χ1v) is 16.7. The minimum Gasteiger partial charge on any atom is -0.448 e. The van der Waals surface area contributed by atoms with Crippen LogP contribution in [0.15, 0.2) is 114 Å². The molecule has 11 heteroatoms. The normalized spacial score (nSPS) is 21.9. The van der Waals surface area contributed by atoms with Crippen molar-refractivity contribution < 1.29 is 32.9 Å². The number of hydrogen-bond acceptors (Lipinski definition) is 7. The Morgan fingerprint density at radius 1 is 0.915 bits per heavy atom. The molecule has 3 aromatic carbocycles. The van der Waals surface area contributed by atoms with Gasteiger partial charge in [-0.3, -0.25) is 18.7 Å². The van der Waals surface area contributed by atoms with E-state index in [0.717, 1.165) is 10.6 Å². The molecule has 47 heavy (non-hydrogen) atoms. The Hall–Kier alpha value is -5.03. The van der Waals surface area contributed by atoms with E-state index in [1.807, 2.05) is 91.0 Å². The molecule has 0 radical (unpaired) electrons. The number of β-lactam (4-membered cyclic amide) rings is 1. The number of anilines is 1. The number of ether oxygens (including phenoxy) is 2. The van der Waals surface area contributed by atoms with E-state index in [2.05, 4.69) is 5.32 Å². The second-order valence-electron chi connectivity index (χ2n) is 12.4. The van der Waals surface area contributed by atoms with E-state index in [0.29, 0.717) is 29.7 Å². The minimum atomic E-state index is -1.73. The highest BCUT2D eigenvalue weighted by atomic mass is 32.2. The van der Waals surface area contributed by atoms with Crippen LogP contribution in [0.5, 0.6) is 0 Å². The summed E-state index contributed by atoms with van der Waals surface area (Å²) in [5.74, 6) is -1.81. The van der Waals surface area contributed by atoms with Crippen LogP contribution in [-0.2, 0) is 34.7 Å². The third kappa shape index (κ3) is 6.62. The lowest BCUT2D eigenvalue weighted by molar-refractivity contribution is -0.153. The summed E-state index contributed by atoms with van der Waals surface area (Å²) in [6.07, 6.45) is 0.311. The van der Waals surface area contributed by atoms with Gasteiger partial charge < -0.3 is 19.7 Å². The number of hydrogen-bond donors (Lipinski definition) is 1. The Bertz CT molecular complexity index is 1750. The van der Waals surface area contributed by atoms with Crippen molar-refractivity contribution in [2.45, 2.75) is 50.3 Å². The molecule has 0 spiro atoms. The number of para-hydroxylation sites is 1. The van der Waals surface area contributed by atoms with Crippen molar-refractivity contribution in [2.75, 3.05) is 17.2 Å². The second kappa shape index (κ2) is 13.0. The number of rotatable bonds is 7. The number of nitrogens with one attached hydrogen (secondary N) is 1. The third-order valence-corrected chi connectivity index (χ3v) is 9.61. The minimum absolute atomic E-state index is 0.0998. The van der Waals surface area contributed by atoms with Gasteiger partial charge in [0.15, 0.2) is 6.10 Å². The Morgan fingerprint density at radius 3 is 2.06 bits per heavy atom. The second-order valence-corrected chi connectivity index (χ2v) is 14.0. The maximum atomic E-state index is 14.3. The molecular weight excluding hydrogens is 618 g/mol. The zero-order valence-corrected chi connectivity index (χ0v) is 27.1. The highest BCUT2D eigenvalue weighted by Gasteiger charge is 2.58. The van der Waals surface area contributed by atoms with Crippen molar-refractivity contribution in [3.63, 3.8) is 0 Å². The molecule has 3 aliphatic heterocycles.